The Labute approximate surface area is 154 Å². The fraction of sp³-hybridized carbons (Fsp3) is 0.700. The zero-order valence-corrected chi connectivity index (χ0v) is 15.6. The number of carbonyl (C=O) groups excluding carboxylic acids is 2. The highest BCUT2D eigenvalue weighted by molar-refractivity contribution is 5.92. The number of nitrogens with one attached hydrogen (secondary N) is 1. The van der Waals surface area contributed by atoms with Gasteiger partial charge in [-0.25, -0.2) is 0 Å². The Hall–Kier alpha value is -1.82. The predicted octanol–water partition coefficient (Wildman–Crippen LogP) is 2.25. The second-order valence-electron chi connectivity index (χ2n) is 8.27. The SMILES string of the molecule is CC1CCN(Cc2ccc(C(=O)N3CC4CCCC(C3)C(=O)N4)o2)CC1. The Morgan fingerprint density at radius 2 is 2.00 bits per heavy atom. The molecule has 3 aliphatic heterocycles. The Bertz CT molecular complexity index is 663. The highest BCUT2D eigenvalue weighted by atomic mass is 16.4. The van der Waals surface area contributed by atoms with E-state index in [0.29, 0.717) is 18.8 Å². The Morgan fingerprint density at radius 3 is 2.81 bits per heavy atom. The van der Waals surface area contributed by atoms with Crippen molar-refractivity contribution in [1.82, 2.24) is 15.1 Å². The minimum atomic E-state index is -0.0868. The third-order valence-corrected chi connectivity index (χ3v) is 6.12. The molecule has 4 rings (SSSR count). The molecular formula is C20H29N3O3. The van der Waals surface area contributed by atoms with Crippen LogP contribution in [-0.4, -0.2) is 53.8 Å². The number of hydrogen-bond acceptors (Lipinski definition) is 4. The third-order valence-electron chi connectivity index (χ3n) is 6.12. The summed E-state index contributed by atoms with van der Waals surface area (Å²) >= 11 is 0. The summed E-state index contributed by atoms with van der Waals surface area (Å²) in [5.41, 5.74) is 0. The number of amides is 2. The second-order valence-corrected chi connectivity index (χ2v) is 8.27. The molecule has 3 saturated heterocycles. The highest BCUT2D eigenvalue weighted by Gasteiger charge is 2.35. The predicted molar refractivity (Wildman–Crippen MR) is 97.6 cm³/mol. The fourth-order valence-electron chi connectivity index (χ4n) is 4.39. The van der Waals surface area contributed by atoms with Crippen LogP contribution in [0.15, 0.2) is 16.5 Å². The van der Waals surface area contributed by atoms with E-state index in [0.717, 1.165) is 50.6 Å². The molecule has 4 heterocycles. The van der Waals surface area contributed by atoms with Gasteiger partial charge in [0.1, 0.15) is 5.76 Å². The molecule has 2 unspecified atom stereocenters. The second kappa shape index (κ2) is 7.43. The first-order chi connectivity index (χ1) is 12.6. The van der Waals surface area contributed by atoms with Crippen LogP contribution in [0.4, 0.5) is 0 Å². The van der Waals surface area contributed by atoms with Crippen molar-refractivity contribution in [1.29, 1.82) is 0 Å². The van der Waals surface area contributed by atoms with E-state index in [2.05, 4.69) is 17.1 Å². The zero-order valence-electron chi connectivity index (χ0n) is 15.6. The van der Waals surface area contributed by atoms with Gasteiger partial charge in [0, 0.05) is 19.1 Å². The molecule has 2 bridgehead atoms. The lowest BCUT2D eigenvalue weighted by atomic mass is 9.99. The Kier molecular flexibility index (Phi) is 5.02. The summed E-state index contributed by atoms with van der Waals surface area (Å²) in [5.74, 6) is 1.99. The largest absolute Gasteiger partial charge is 0.455 e. The van der Waals surface area contributed by atoms with Crippen molar-refractivity contribution in [2.45, 2.75) is 51.6 Å². The maximum absolute atomic E-state index is 12.9. The minimum absolute atomic E-state index is 0.0729. The number of carbonyl (C=O) groups is 2. The summed E-state index contributed by atoms with van der Waals surface area (Å²) < 4.78 is 5.88. The first kappa shape index (κ1) is 17.6. The molecule has 1 aromatic rings. The lowest BCUT2D eigenvalue weighted by Crippen LogP contribution is -2.41. The molecule has 1 N–H and O–H groups in total. The van der Waals surface area contributed by atoms with E-state index in [1.165, 1.54) is 12.8 Å². The van der Waals surface area contributed by atoms with Crippen molar-refractivity contribution in [2.75, 3.05) is 26.2 Å². The lowest BCUT2D eigenvalue weighted by molar-refractivity contribution is -0.124. The molecule has 142 valence electrons. The van der Waals surface area contributed by atoms with Crippen LogP contribution in [0.1, 0.15) is 55.3 Å². The molecular weight excluding hydrogens is 330 g/mol. The maximum atomic E-state index is 12.9. The van der Waals surface area contributed by atoms with Crippen molar-refractivity contribution in [3.8, 4) is 0 Å². The van der Waals surface area contributed by atoms with E-state index in [-0.39, 0.29) is 23.8 Å². The molecule has 0 spiro atoms. The number of furan rings is 1. The average Bonchev–Trinajstić information content (AvgIpc) is 2.92. The molecule has 2 atom stereocenters. The first-order valence-corrected chi connectivity index (χ1v) is 9.99. The van der Waals surface area contributed by atoms with Gasteiger partial charge in [-0.1, -0.05) is 13.3 Å². The molecule has 3 aliphatic rings. The number of nitrogens with zero attached hydrogens (tertiary/aromatic N) is 2. The molecule has 1 aromatic heterocycles. The van der Waals surface area contributed by atoms with Gasteiger partial charge in [0.25, 0.3) is 5.91 Å². The van der Waals surface area contributed by atoms with Crippen LogP contribution >= 0.6 is 0 Å². The van der Waals surface area contributed by atoms with Crippen molar-refractivity contribution in [3.63, 3.8) is 0 Å². The van der Waals surface area contributed by atoms with Gasteiger partial charge in [-0.05, 0) is 56.8 Å². The fourth-order valence-corrected chi connectivity index (χ4v) is 4.39. The Morgan fingerprint density at radius 1 is 1.19 bits per heavy atom. The summed E-state index contributed by atoms with van der Waals surface area (Å²) in [6.07, 6.45) is 5.31. The van der Waals surface area contributed by atoms with Crippen LogP contribution in [0.2, 0.25) is 0 Å². The van der Waals surface area contributed by atoms with Crippen LogP contribution in [-0.2, 0) is 11.3 Å². The number of fused-ring (bicyclic) bond motifs is 3. The van der Waals surface area contributed by atoms with Gasteiger partial charge in [0.15, 0.2) is 5.76 Å². The molecule has 0 saturated carbocycles. The molecule has 6 heteroatoms. The summed E-state index contributed by atoms with van der Waals surface area (Å²) in [5, 5.41) is 3.07. The highest BCUT2D eigenvalue weighted by Crippen LogP contribution is 2.24. The van der Waals surface area contributed by atoms with Crippen molar-refractivity contribution in [2.24, 2.45) is 11.8 Å². The van der Waals surface area contributed by atoms with Crippen LogP contribution in [0.3, 0.4) is 0 Å². The standard InChI is InChI=1S/C20H29N3O3/c1-14-7-9-22(10-8-14)13-17-5-6-18(26-17)20(25)23-11-15-3-2-4-16(12-23)21-19(15)24/h5-6,14-16H,2-4,7-13H2,1H3,(H,21,24). The topological polar surface area (TPSA) is 65.8 Å². The van der Waals surface area contributed by atoms with E-state index in [9.17, 15) is 9.59 Å². The third kappa shape index (κ3) is 3.80. The van der Waals surface area contributed by atoms with Crippen LogP contribution in [0, 0.1) is 11.8 Å². The molecule has 26 heavy (non-hydrogen) atoms. The number of hydrogen-bond donors (Lipinski definition) is 1. The molecule has 0 aliphatic carbocycles. The average molecular weight is 359 g/mol. The van der Waals surface area contributed by atoms with Crippen molar-refractivity contribution < 1.29 is 14.0 Å². The number of piperidine rings is 1. The molecule has 2 amide bonds. The van der Waals surface area contributed by atoms with Crippen molar-refractivity contribution >= 4 is 11.8 Å². The van der Waals surface area contributed by atoms with Crippen LogP contribution in [0.5, 0.6) is 0 Å². The maximum Gasteiger partial charge on any atom is 0.289 e. The molecule has 0 radical (unpaired) electrons. The smallest absolute Gasteiger partial charge is 0.289 e. The normalized spacial score (nSPS) is 27.9. The van der Waals surface area contributed by atoms with Gasteiger partial charge in [0.05, 0.1) is 12.5 Å². The van der Waals surface area contributed by atoms with Crippen LogP contribution in [0.25, 0.3) is 0 Å². The van der Waals surface area contributed by atoms with Crippen LogP contribution < -0.4 is 5.32 Å². The van der Waals surface area contributed by atoms with E-state index in [4.69, 9.17) is 4.42 Å². The van der Waals surface area contributed by atoms with E-state index < -0.39 is 0 Å². The first-order valence-electron chi connectivity index (χ1n) is 9.99. The van der Waals surface area contributed by atoms with E-state index in [1.54, 1.807) is 11.0 Å². The van der Waals surface area contributed by atoms with E-state index >= 15 is 0 Å². The summed E-state index contributed by atoms with van der Waals surface area (Å²) in [7, 11) is 0. The lowest BCUT2D eigenvalue weighted by Gasteiger charge is -2.29. The van der Waals surface area contributed by atoms with Gasteiger partial charge in [0.2, 0.25) is 5.91 Å². The number of rotatable bonds is 3. The zero-order chi connectivity index (χ0) is 18.1. The summed E-state index contributed by atoms with van der Waals surface area (Å²) in [6, 6.07) is 3.79. The molecule has 3 fully saturated rings. The summed E-state index contributed by atoms with van der Waals surface area (Å²) in [6.45, 7) is 6.34. The van der Waals surface area contributed by atoms with Gasteiger partial charge < -0.3 is 14.6 Å². The number of likely N-dealkylation sites (tertiary alicyclic amines) is 2. The summed E-state index contributed by atoms with van der Waals surface area (Å²) in [4.78, 5) is 29.3. The quantitative estimate of drug-likeness (QED) is 0.899. The molecule has 6 nitrogen and oxygen atoms in total. The molecule has 0 aromatic carbocycles. The Balaban J connectivity index is 1.40. The minimum Gasteiger partial charge on any atom is -0.455 e. The van der Waals surface area contributed by atoms with E-state index in [1.807, 2.05) is 6.07 Å². The monoisotopic (exact) mass is 359 g/mol. The van der Waals surface area contributed by atoms with Crippen molar-refractivity contribution in [3.05, 3.63) is 23.7 Å². The van der Waals surface area contributed by atoms with Gasteiger partial charge >= 0.3 is 0 Å². The van der Waals surface area contributed by atoms with Gasteiger partial charge in [-0.2, -0.15) is 0 Å². The van der Waals surface area contributed by atoms with Gasteiger partial charge in [-0.3, -0.25) is 14.5 Å². The van der Waals surface area contributed by atoms with Gasteiger partial charge in [-0.15, -0.1) is 0 Å².